The number of hydrogen-bond acceptors (Lipinski definition) is 4. The van der Waals surface area contributed by atoms with Gasteiger partial charge in [-0.05, 0) is 31.7 Å². The quantitative estimate of drug-likeness (QED) is 0.696. The number of rotatable bonds is 6. The highest BCUT2D eigenvalue weighted by Gasteiger charge is 2.24. The Labute approximate surface area is 102 Å². The van der Waals surface area contributed by atoms with Crippen LogP contribution in [0, 0.1) is 12.3 Å². The second kappa shape index (κ2) is 5.82. The highest BCUT2D eigenvalue weighted by Crippen LogP contribution is 2.24. The number of nitrogens with one attached hydrogen (secondary N) is 2. The fourth-order valence-electron chi connectivity index (χ4n) is 1.81. The van der Waals surface area contributed by atoms with Crippen LogP contribution in [0.15, 0.2) is 10.9 Å². The summed E-state index contributed by atoms with van der Waals surface area (Å²) in [4.78, 5) is 18.1. The molecule has 0 aromatic carbocycles. The molecule has 1 aromatic rings. The summed E-state index contributed by atoms with van der Waals surface area (Å²) in [6, 6.07) is 1.47. The van der Waals surface area contributed by atoms with Crippen molar-refractivity contribution in [2.24, 2.45) is 11.1 Å². The molecule has 1 rings (SSSR count). The average molecular weight is 238 g/mol. The Hall–Kier alpha value is -1.36. The van der Waals surface area contributed by atoms with Crippen LogP contribution >= 0.6 is 0 Å². The minimum Gasteiger partial charge on any atom is -0.369 e. The van der Waals surface area contributed by atoms with Crippen LogP contribution in [-0.4, -0.2) is 23.1 Å². The van der Waals surface area contributed by atoms with E-state index in [4.69, 9.17) is 5.73 Å². The molecule has 1 aromatic heterocycles. The Bertz CT molecular complexity index is 401. The van der Waals surface area contributed by atoms with Gasteiger partial charge >= 0.3 is 0 Å². The standard InChI is InChI=1S/C12H22N4O/c1-4-12(5-2,7-13)8-14-10-6-11(17)16-9(3)15-10/h6H,4-5,7-8,13H2,1-3H3,(H2,14,15,16,17). The normalized spacial score (nSPS) is 11.5. The van der Waals surface area contributed by atoms with E-state index in [9.17, 15) is 4.79 Å². The van der Waals surface area contributed by atoms with Gasteiger partial charge in [-0.3, -0.25) is 4.79 Å². The zero-order valence-electron chi connectivity index (χ0n) is 10.8. The lowest BCUT2D eigenvalue weighted by Gasteiger charge is -2.30. The molecule has 0 fully saturated rings. The van der Waals surface area contributed by atoms with Crippen molar-refractivity contribution in [1.82, 2.24) is 9.97 Å². The molecule has 0 unspecified atom stereocenters. The van der Waals surface area contributed by atoms with Gasteiger partial charge in [0.25, 0.3) is 5.56 Å². The van der Waals surface area contributed by atoms with E-state index in [0.717, 1.165) is 19.4 Å². The number of nitrogens with two attached hydrogens (primary N) is 1. The Balaban J connectivity index is 2.75. The molecule has 0 aliphatic carbocycles. The second-order valence-corrected chi connectivity index (χ2v) is 4.48. The van der Waals surface area contributed by atoms with E-state index < -0.39 is 0 Å². The van der Waals surface area contributed by atoms with E-state index in [1.54, 1.807) is 6.92 Å². The predicted octanol–water partition coefficient (Wildman–Crippen LogP) is 1.26. The molecule has 96 valence electrons. The minimum absolute atomic E-state index is 0.0815. The van der Waals surface area contributed by atoms with Crippen molar-refractivity contribution in [1.29, 1.82) is 0 Å². The van der Waals surface area contributed by atoms with Crippen LogP contribution in [0.1, 0.15) is 32.5 Å². The molecule has 0 saturated carbocycles. The maximum atomic E-state index is 11.3. The zero-order valence-corrected chi connectivity index (χ0v) is 10.8. The largest absolute Gasteiger partial charge is 0.369 e. The first-order chi connectivity index (χ1) is 8.05. The summed E-state index contributed by atoms with van der Waals surface area (Å²) >= 11 is 0. The van der Waals surface area contributed by atoms with Crippen LogP contribution in [0.3, 0.4) is 0 Å². The third-order valence-corrected chi connectivity index (χ3v) is 3.44. The van der Waals surface area contributed by atoms with Crippen molar-refractivity contribution < 1.29 is 0 Å². The molecule has 0 aliphatic heterocycles. The Morgan fingerprint density at radius 1 is 1.47 bits per heavy atom. The summed E-state index contributed by atoms with van der Waals surface area (Å²) in [6.07, 6.45) is 2.02. The first kappa shape index (κ1) is 13.7. The van der Waals surface area contributed by atoms with Crippen molar-refractivity contribution in [2.45, 2.75) is 33.6 Å². The number of anilines is 1. The van der Waals surface area contributed by atoms with E-state index in [1.165, 1.54) is 6.07 Å². The lowest BCUT2D eigenvalue weighted by molar-refractivity contribution is 0.294. The lowest BCUT2D eigenvalue weighted by Crippen LogP contribution is -2.36. The zero-order chi connectivity index (χ0) is 12.9. The van der Waals surface area contributed by atoms with Gasteiger partial charge in [0.05, 0.1) is 0 Å². The maximum Gasteiger partial charge on any atom is 0.252 e. The molecular formula is C12H22N4O. The molecule has 17 heavy (non-hydrogen) atoms. The van der Waals surface area contributed by atoms with Crippen molar-refractivity contribution in [2.75, 3.05) is 18.4 Å². The first-order valence-corrected chi connectivity index (χ1v) is 6.07. The summed E-state index contributed by atoms with van der Waals surface area (Å²) in [6.45, 7) is 7.41. The van der Waals surface area contributed by atoms with Crippen molar-refractivity contribution in [3.8, 4) is 0 Å². The maximum absolute atomic E-state index is 11.3. The number of aryl methyl sites for hydroxylation is 1. The summed E-state index contributed by atoms with van der Waals surface area (Å²) in [5.41, 5.74) is 5.77. The van der Waals surface area contributed by atoms with Crippen LogP contribution in [-0.2, 0) is 0 Å². The van der Waals surface area contributed by atoms with E-state index in [0.29, 0.717) is 18.2 Å². The number of aromatic amines is 1. The topological polar surface area (TPSA) is 83.8 Å². The van der Waals surface area contributed by atoms with E-state index in [1.807, 2.05) is 0 Å². The monoisotopic (exact) mass is 238 g/mol. The highest BCUT2D eigenvalue weighted by atomic mass is 16.1. The van der Waals surface area contributed by atoms with Gasteiger partial charge in [-0.1, -0.05) is 13.8 Å². The van der Waals surface area contributed by atoms with E-state index >= 15 is 0 Å². The Morgan fingerprint density at radius 3 is 2.59 bits per heavy atom. The second-order valence-electron chi connectivity index (χ2n) is 4.48. The lowest BCUT2D eigenvalue weighted by atomic mass is 9.82. The summed E-state index contributed by atoms with van der Waals surface area (Å²) in [5.74, 6) is 1.23. The SMILES string of the molecule is CCC(CC)(CN)CNc1cc(=O)[nH]c(C)n1. The number of aromatic nitrogens is 2. The Kier molecular flexibility index (Phi) is 4.69. The molecule has 0 atom stereocenters. The summed E-state index contributed by atoms with van der Waals surface area (Å²) in [5, 5.41) is 3.21. The smallest absolute Gasteiger partial charge is 0.252 e. The molecule has 0 aliphatic rings. The molecule has 0 radical (unpaired) electrons. The molecule has 0 amide bonds. The van der Waals surface area contributed by atoms with Crippen molar-refractivity contribution >= 4 is 5.82 Å². The summed E-state index contributed by atoms with van der Waals surface area (Å²) in [7, 11) is 0. The first-order valence-electron chi connectivity index (χ1n) is 6.07. The third-order valence-electron chi connectivity index (χ3n) is 3.44. The molecule has 4 N–H and O–H groups in total. The molecule has 5 nitrogen and oxygen atoms in total. The molecule has 0 saturated heterocycles. The number of hydrogen-bond donors (Lipinski definition) is 3. The van der Waals surface area contributed by atoms with Gasteiger partial charge in [0, 0.05) is 12.6 Å². The number of nitrogens with zero attached hydrogens (tertiary/aromatic N) is 1. The summed E-state index contributed by atoms with van der Waals surface area (Å²) < 4.78 is 0. The van der Waals surface area contributed by atoms with Gasteiger partial charge in [-0.25, -0.2) is 4.98 Å². The Morgan fingerprint density at radius 2 is 2.12 bits per heavy atom. The van der Waals surface area contributed by atoms with Gasteiger partial charge in [0.1, 0.15) is 11.6 Å². The molecule has 0 spiro atoms. The molecule has 0 bridgehead atoms. The van der Waals surface area contributed by atoms with Crippen LogP contribution in [0.4, 0.5) is 5.82 Å². The van der Waals surface area contributed by atoms with Crippen molar-refractivity contribution in [3.05, 3.63) is 22.2 Å². The molecule has 5 heteroatoms. The highest BCUT2D eigenvalue weighted by molar-refractivity contribution is 5.33. The fourth-order valence-corrected chi connectivity index (χ4v) is 1.81. The van der Waals surface area contributed by atoms with Crippen LogP contribution < -0.4 is 16.6 Å². The van der Waals surface area contributed by atoms with Gasteiger partial charge in [0.2, 0.25) is 0 Å². The number of H-pyrrole nitrogens is 1. The van der Waals surface area contributed by atoms with Crippen LogP contribution in [0.25, 0.3) is 0 Å². The predicted molar refractivity (Wildman–Crippen MR) is 70.2 cm³/mol. The third kappa shape index (κ3) is 3.56. The van der Waals surface area contributed by atoms with Crippen molar-refractivity contribution in [3.63, 3.8) is 0 Å². The fraction of sp³-hybridized carbons (Fsp3) is 0.667. The van der Waals surface area contributed by atoms with Gasteiger partial charge in [-0.2, -0.15) is 0 Å². The van der Waals surface area contributed by atoms with Crippen LogP contribution in [0.2, 0.25) is 0 Å². The van der Waals surface area contributed by atoms with Gasteiger partial charge in [-0.15, -0.1) is 0 Å². The molecule has 1 heterocycles. The van der Waals surface area contributed by atoms with Gasteiger partial charge in [0.15, 0.2) is 0 Å². The van der Waals surface area contributed by atoms with Crippen LogP contribution in [0.5, 0.6) is 0 Å². The van der Waals surface area contributed by atoms with E-state index in [2.05, 4.69) is 29.1 Å². The van der Waals surface area contributed by atoms with Gasteiger partial charge < -0.3 is 16.0 Å². The molecular weight excluding hydrogens is 216 g/mol. The average Bonchev–Trinajstić information content (AvgIpc) is 2.30. The minimum atomic E-state index is -0.133. The van der Waals surface area contributed by atoms with E-state index in [-0.39, 0.29) is 11.0 Å².